The summed E-state index contributed by atoms with van der Waals surface area (Å²) in [5.74, 6) is 0.984. The average molecular weight is 561 g/mol. The molecule has 33 heavy (non-hydrogen) atoms. The van der Waals surface area contributed by atoms with Gasteiger partial charge >= 0.3 is 0 Å². The Kier molecular flexibility index (Phi) is 9.11. The van der Waals surface area contributed by atoms with Crippen LogP contribution >= 0.6 is 24.0 Å². The van der Waals surface area contributed by atoms with Crippen LogP contribution in [0.1, 0.15) is 37.3 Å². The molecule has 8 heteroatoms. The summed E-state index contributed by atoms with van der Waals surface area (Å²) in [6.07, 6.45) is 1.62. The Labute approximate surface area is 212 Å². The fourth-order valence-electron chi connectivity index (χ4n) is 4.26. The molecule has 1 saturated heterocycles. The normalized spacial score (nSPS) is 17.5. The van der Waals surface area contributed by atoms with Gasteiger partial charge in [0.25, 0.3) is 0 Å². The van der Waals surface area contributed by atoms with Crippen molar-refractivity contribution in [3.05, 3.63) is 65.7 Å². The third kappa shape index (κ3) is 6.46. The number of guanidine groups is 1. The molecule has 1 unspecified atom stereocenters. The maximum atomic E-state index is 12.6. The number of rotatable bonds is 7. The fraction of sp³-hybridized carbons (Fsp3) is 0.400. The lowest BCUT2D eigenvalue weighted by atomic mass is 10.1. The van der Waals surface area contributed by atoms with Crippen molar-refractivity contribution in [3.8, 4) is 0 Å². The van der Waals surface area contributed by atoms with E-state index in [1.165, 1.54) is 11.1 Å². The number of para-hydroxylation sites is 1. The smallest absolute Gasteiger partial charge is 0.229 e. The van der Waals surface area contributed by atoms with Gasteiger partial charge in [-0.3, -0.25) is 14.6 Å². The number of carbonyl (C=O) groups excluding carboxylic acids is 2. The Bertz CT molecular complexity index is 957. The second-order valence-corrected chi connectivity index (χ2v) is 8.27. The minimum absolute atomic E-state index is 0. The number of fused-ring (bicyclic) bond motifs is 1. The molecule has 0 saturated carbocycles. The SMILES string of the molecule is CCNC(=NCCCC(=O)N1Cc2ccccc2C1)NC1CC(=O)N(c2ccccc2)C1.I. The van der Waals surface area contributed by atoms with E-state index in [0.717, 1.165) is 12.2 Å². The number of carbonyl (C=O) groups is 2. The summed E-state index contributed by atoms with van der Waals surface area (Å²) in [4.78, 5) is 33.4. The predicted octanol–water partition coefficient (Wildman–Crippen LogP) is 3.29. The minimum Gasteiger partial charge on any atom is -0.357 e. The molecule has 1 atom stereocenters. The van der Waals surface area contributed by atoms with Gasteiger partial charge in [-0.1, -0.05) is 42.5 Å². The van der Waals surface area contributed by atoms with Crippen LogP contribution in [0.25, 0.3) is 0 Å². The van der Waals surface area contributed by atoms with Crippen molar-refractivity contribution in [1.82, 2.24) is 15.5 Å². The quantitative estimate of drug-likeness (QED) is 0.236. The molecule has 2 aliphatic rings. The lowest BCUT2D eigenvalue weighted by Crippen LogP contribution is -2.44. The van der Waals surface area contributed by atoms with E-state index in [-0.39, 0.29) is 41.8 Å². The number of nitrogens with zero attached hydrogens (tertiary/aromatic N) is 3. The molecule has 2 N–H and O–H groups in total. The van der Waals surface area contributed by atoms with E-state index in [1.807, 2.05) is 59.2 Å². The third-order valence-corrected chi connectivity index (χ3v) is 5.89. The first-order valence-corrected chi connectivity index (χ1v) is 11.4. The molecule has 2 aliphatic heterocycles. The molecule has 176 valence electrons. The lowest BCUT2D eigenvalue weighted by Gasteiger charge is -2.19. The van der Waals surface area contributed by atoms with E-state index >= 15 is 0 Å². The molecule has 0 aromatic heterocycles. The van der Waals surface area contributed by atoms with Crippen molar-refractivity contribution in [2.75, 3.05) is 24.5 Å². The highest BCUT2D eigenvalue weighted by atomic mass is 127. The van der Waals surface area contributed by atoms with Crippen molar-refractivity contribution < 1.29 is 9.59 Å². The molecule has 2 aromatic rings. The standard InChI is InChI=1S/C25H31N5O2.HI/c1-2-26-25(28-21-15-24(32)30(18-21)22-11-4-3-5-12-22)27-14-8-13-23(31)29-16-19-9-6-7-10-20(19)17-29;/h3-7,9-12,21H,2,8,13-18H2,1H3,(H2,26,27,28);1H. The first kappa shape index (κ1) is 25.0. The highest BCUT2D eigenvalue weighted by molar-refractivity contribution is 14.0. The van der Waals surface area contributed by atoms with E-state index in [2.05, 4.69) is 27.8 Å². The van der Waals surface area contributed by atoms with Gasteiger partial charge in [-0.05, 0) is 36.6 Å². The summed E-state index contributed by atoms with van der Waals surface area (Å²) in [6.45, 7) is 5.33. The van der Waals surface area contributed by atoms with Gasteiger partial charge in [0.1, 0.15) is 0 Å². The van der Waals surface area contributed by atoms with Crippen LogP contribution in [0.15, 0.2) is 59.6 Å². The van der Waals surface area contributed by atoms with E-state index in [1.54, 1.807) is 0 Å². The molecular weight excluding hydrogens is 529 g/mol. The molecule has 0 bridgehead atoms. The Hall–Kier alpha value is -2.62. The molecule has 2 amide bonds. The van der Waals surface area contributed by atoms with Gasteiger partial charge in [0.05, 0.1) is 6.04 Å². The summed E-state index contributed by atoms with van der Waals surface area (Å²) in [5.41, 5.74) is 3.41. The summed E-state index contributed by atoms with van der Waals surface area (Å²) in [5, 5.41) is 6.63. The topological polar surface area (TPSA) is 77.0 Å². The molecule has 7 nitrogen and oxygen atoms in total. The number of aliphatic imine (C=N–C) groups is 1. The number of hydrogen-bond acceptors (Lipinski definition) is 3. The average Bonchev–Trinajstić information content (AvgIpc) is 3.40. The molecular formula is C25H32IN5O2. The predicted molar refractivity (Wildman–Crippen MR) is 142 cm³/mol. The third-order valence-electron chi connectivity index (χ3n) is 5.89. The van der Waals surface area contributed by atoms with Gasteiger partial charge < -0.3 is 20.4 Å². The summed E-state index contributed by atoms with van der Waals surface area (Å²) >= 11 is 0. The Morgan fingerprint density at radius 3 is 2.39 bits per heavy atom. The summed E-state index contributed by atoms with van der Waals surface area (Å²) in [6, 6.07) is 18.0. The van der Waals surface area contributed by atoms with Crippen LogP contribution in [0.5, 0.6) is 0 Å². The molecule has 0 spiro atoms. The zero-order valence-corrected chi connectivity index (χ0v) is 21.3. The molecule has 2 aromatic carbocycles. The van der Waals surface area contributed by atoms with Crippen LogP contribution < -0.4 is 15.5 Å². The van der Waals surface area contributed by atoms with E-state index in [4.69, 9.17) is 0 Å². The van der Waals surface area contributed by atoms with Crippen LogP contribution in [-0.2, 0) is 22.7 Å². The fourth-order valence-corrected chi connectivity index (χ4v) is 4.26. The number of amides is 2. The maximum absolute atomic E-state index is 12.6. The summed E-state index contributed by atoms with van der Waals surface area (Å²) in [7, 11) is 0. The highest BCUT2D eigenvalue weighted by Crippen LogP contribution is 2.23. The van der Waals surface area contributed by atoms with Crippen molar-refractivity contribution in [2.45, 2.75) is 45.3 Å². The zero-order chi connectivity index (χ0) is 22.3. The molecule has 0 aliphatic carbocycles. The van der Waals surface area contributed by atoms with Crippen LogP contribution in [0.4, 0.5) is 5.69 Å². The van der Waals surface area contributed by atoms with Crippen molar-refractivity contribution in [3.63, 3.8) is 0 Å². The van der Waals surface area contributed by atoms with E-state index < -0.39 is 0 Å². The van der Waals surface area contributed by atoms with Gasteiger partial charge in [0, 0.05) is 51.3 Å². The first-order valence-electron chi connectivity index (χ1n) is 11.4. The number of nitrogens with one attached hydrogen (secondary N) is 2. The van der Waals surface area contributed by atoms with Crippen LogP contribution in [0.2, 0.25) is 0 Å². The van der Waals surface area contributed by atoms with Gasteiger partial charge in [0.2, 0.25) is 11.8 Å². The Morgan fingerprint density at radius 2 is 1.73 bits per heavy atom. The lowest BCUT2D eigenvalue weighted by molar-refractivity contribution is -0.131. The molecule has 2 heterocycles. The van der Waals surface area contributed by atoms with Crippen molar-refractivity contribution in [1.29, 1.82) is 0 Å². The second kappa shape index (κ2) is 12.0. The number of benzene rings is 2. The van der Waals surface area contributed by atoms with Crippen molar-refractivity contribution in [2.24, 2.45) is 4.99 Å². The second-order valence-electron chi connectivity index (χ2n) is 8.27. The van der Waals surface area contributed by atoms with Gasteiger partial charge in [-0.15, -0.1) is 24.0 Å². The molecule has 4 rings (SSSR count). The monoisotopic (exact) mass is 561 g/mol. The highest BCUT2D eigenvalue weighted by Gasteiger charge is 2.31. The number of halogens is 1. The van der Waals surface area contributed by atoms with Gasteiger partial charge in [-0.2, -0.15) is 0 Å². The van der Waals surface area contributed by atoms with Crippen molar-refractivity contribution >= 4 is 47.4 Å². The number of hydrogen-bond donors (Lipinski definition) is 2. The Morgan fingerprint density at radius 1 is 1.06 bits per heavy atom. The molecule has 0 radical (unpaired) electrons. The van der Waals surface area contributed by atoms with E-state index in [0.29, 0.717) is 51.4 Å². The number of anilines is 1. The van der Waals surface area contributed by atoms with Crippen LogP contribution in [-0.4, -0.2) is 48.3 Å². The van der Waals surface area contributed by atoms with Gasteiger partial charge in [-0.25, -0.2) is 0 Å². The maximum Gasteiger partial charge on any atom is 0.229 e. The largest absolute Gasteiger partial charge is 0.357 e. The minimum atomic E-state index is 0. The van der Waals surface area contributed by atoms with Crippen LogP contribution in [0, 0.1) is 0 Å². The summed E-state index contributed by atoms with van der Waals surface area (Å²) < 4.78 is 0. The van der Waals surface area contributed by atoms with Gasteiger partial charge in [0.15, 0.2) is 5.96 Å². The van der Waals surface area contributed by atoms with Crippen LogP contribution in [0.3, 0.4) is 0 Å². The zero-order valence-electron chi connectivity index (χ0n) is 19.0. The molecule has 1 fully saturated rings. The Balaban J connectivity index is 0.00000306. The first-order chi connectivity index (χ1) is 15.6. The van der Waals surface area contributed by atoms with E-state index in [9.17, 15) is 9.59 Å².